The molecule has 2 heterocycles. The molecule has 28 heavy (non-hydrogen) atoms. The lowest BCUT2D eigenvalue weighted by molar-refractivity contribution is 0.417. The van der Waals surface area contributed by atoms with Gasteiger partial charge in [0.25, 0.3) is 0 Å². The van der Waals surface area contributed by atoms with E-state index in [0.29, 0.717) is 33.2 Å². The van der Waals surface area contributed by atoms with Gasteiger partial charge in [-0.15, -0.1) is 0 Å². The van der Waals surface area contributed by atoms with Crippen LogP contribution in [0.4, 0.5) is 23.1 Å². The Morgan fingerprint density at radius 3 is 2.61 bits per heavy atom. The normalized spacial score (nSPS) is 10.9. The molecule has 0 aliphatic rings. The predicted molar refractivity (Wildman–Crippen MR) is 112 cm³/mol. The number of anilines is 4. The smallest absolute Gasteiger partial charge is 0.231 e. The monoisotopic (exact) mass is 414 g/mol. The van der Waals surface area contributed by atoms with Gasteiger partial charge in [-0.05, 0) is 30.3 Å². The van der Waals surface area contributed by atoms with Crippen LogP contribution in [0.25, 0.3) is 11.0 Å². The topological polar surface area (TPSA) is 76.9 Å². The number of halogens is 2. The molecule has 0 amide bonds. The SMILES string of the molecule is COc1ccccc1Nc1nc(Nc2ccc(Cl)c(Cl)c2)c2cnn(C)c2n1. The van der Waals surface area contributed by atoms with Gasteiger partial charge in [-0.1, -0.05) is 35.3 Å². The molecule has 0 radical (unpaired) electrons. The molecular weight excluding hydrogens is 399 g/mol. The second-order valence-electron chi connectivity index (χ2n) is 5.98. The van der Waals surface area contributed by atoms with E-state index < -0.39 is 0 Å². The van der Waals surface area contributed by atoms with Crippen molar-refractivity contribution in [1.29, 1.82) is 0 Å². The Kier molecular flexibility index (Phi) is 4.93. The lowest BCUT2D eigenvalue weighted by Gasteiger charge is -2.12. The van der Waals surface area contributed by atoms with Crippen molar-refractivity contribution in [2.24, 2.45) is 7.05 Å². The number of nitrogens with zero attached hydrogens (tertiary/aromatic N) is 4. The molecule has 7 nitrogen and oxygen atoms in total. The van der Waals surface area contributed by atoms with E-state index >= 15 is 0 Å². The van der Waals surface area contributed by atoms with Crippen LogP contribution >= 0.6 is 23.2 Å². The first-order valence-corrected chi connectivity index (χ1v) is 9.12. The maximum atomic E-state index is 6.13. The third-order valence-corrected chi connectivity index (χ3v) is 4.87. The van der Waals surface area contributed by atoms with E-state index in [4.69, 9.17) is 27.9 Å². The third-order valence-electron chi connectivity index (χ3n) is 4.13. The highest BCUT2D eigenvalue weighted by molar-refractivity contribution is 6.42. The van der Waals surface area contributed by atoms with E-state index in [-0.39, 0.29) is 0 Å². The number of hydrogen-bond acceptors (Lipinski definition) is 6. The quantitative estimate of drug-likeness (QED) is 0.469. The number of methoxy groups -OCH3 is 1. The summed E-state index contributed by atoms with van der Waals surface area (Å²) < 4.78 is 7.07. The summed E-state index contributed by atoms with van der Waals surface area (Å²) in [5, 5.41) is 12.5. The number of para-hydroxylation sites is 2. The molecule has 4 aromatic rings. The van der Waals surface area contributed by atoms with Crippen LogP contribution in [-0.2, 0) is 7.05 Å². The van der Waals surface area contributed by atoms with Crippen LogP contribution in [0, 0.1) is 0 Å². The van der Waals surface area contributed by atoms with Gasteiger partial charge in [-0.25, -0.2) is 0 Å². The highest BCUT2D eigenvalue weighted by Crippen LogP contribution is 2.31. The Bertz CT molecular complexity index is 1160. The number of benzene rings is 2. The summed E-state index contributed by atoms with van der Waals surface area (Å²) in [7, 11) is 3.44. The highest BCUT2D eigenvalue weighted by atomic mass is 35.5. The molecule has 0 saturated heterocycles. The molecule has 0 aliphatic heterocycles. The van der Waals surface area contributed by atoms with Gasteiger partial charge in [0.1, 0.15) is 11.6 Å². The Labute approximate surface area is 171 Å². The van der Waals surface area contributed by atoms with Gasteiger partial charge in [-0.2, -0.15) is 15.1 Å². The highest BCUT2D eigenvalue weighted by Gasteiger charge is 2.14. The summed E-state index contributed by atoms with van der Waals surface area (Å²) >= 11 is 12.1. The molecular formula is C19H16Cl2N6O. The molecule has 142 valence electrons. The number of ether oxygens (including phenoxy) is 1. The standard InChI is InChI=1S/C19H16Cl2N6O/c1-27-18-12(10-22-27)17(23-11-7-8-13(20)14(21)9-11)25-19(26-18)24-15-5-3-4-6-16(15)28-2/h3-10H,1-2H3,(H2,23,24,25,26). The van der Waals surface area contributed by atoms with Crippen molar-refractivity contribution in [2.75, 3.05) is 17.7 Å². The van der Waals surface area contributed by atoms with Crippen LogP contribution < -0.4 is 15.4 Å². The van der Waals surface area contributed by atoms with Gasteiger partial charge >= 0.3 is 0 Å². The summed E-state index contributed by atoms with van der Waals surface area (Å²) in [5.41, 5.74) is 2.18. The average molecular weight is 415 g/mol. The van der Waals surface area contributed by atoms with Crippen LogP contribution in [-0.4, -0.2) is 26.9 Å². The van der Waals surface area contributed by atoms with Crippen molar-refractivity contribution in [3.8, 4) is 5.75 Å². The van der Waals surface area contributed by atoms with Gasteiger partial charge in [-0.3, -0.25) is 4.68 Å². The number of rotatable bonds is 5. The maximum Gasteiger partial charge on any atom is 0.231 e. The van der Waals surface area contributed by atoms with Crippen molar-refractivity contribution in [2.45, 2.75) is 0 Å². The molecule has 2 aromatic heterocycles. The second-order valence-corrected chi connectivity index (χ2v) is 6.79. The van der Waals surface area contributed by atoms with Crippen molar-refractivity contribution in [3.63, 3.8) is 0 Å². The fraction of sp³-hybridized carbons (Fsp3) is 0.105. The fourth-order valence-electron chi connectivity index (χ4n) is 2.75. The van der Waals surface area contributed by atoms with Crippen molar-refractivity contribution < 1.29 is 4.74 Å². The Balaban J connectivity index is 1.76. The summed E-state index contributed by atoms with van der Waals surface area (Å²) in [6.45, 7) is 0. The summed E-state index contributed by atoms with van der Waals surface area (Å²) in [4.78, 5) is 9.19. The van der Waals surface area contributed by atoms with E-state index in [1.165, 1.54) is 0 Å². The molecule has 0 saturated carbocycles. The first kappa shape index (κ1) is 18.3. The number of hydrogen-bond donors (Lipinski definition) is 2. The van der Waals surface area contributed by atoms with Crippen LogP contribution in [0.1, 0.15) is 0 Å². The largest absolute Gasteiger partial charge is 0.495 e. The van der Waals surface area contributed by atoms with Crippen LogP contribution in [0.2, 0.25) is 10.0 Å². The van der Waals surface area contributed by atoms with E-state index in [2.05, 4.69) is 25.7 Å². The second kappa shape index (κ2) is 7.53. The molecule has 4 rings (SSSR count). The Morgan fingerprint density at radius 1 is 1.00 bits per heavy atom. The lowest BCUT2D eigenvalue weighted by atomic mass is 10.3. The average Bonchev–Trinajstić information content (AvgIpc) is 3.06. The first-order valence-electron chi connectivity index (χ1n) is 8.37. The van der Waals surface area contributed by atoms with Gasteiger partial charge in [0.15, 0.2) is 5.65 Å². The molecule has 0 bridgehead atoms. The zero-order valence-electron chi connectivity index (χ0n) is 15.1. The first-order chi connectivity index (χ1) is 13.5. The molecule has 9 heteroatoms. The van der Waals surface area contributed by atoms with Gasteiger partial charge in [0, 0.05) is 12.7 Å². The van der Waals surface area contributed by atoms with Gasteiger partial charge in [0.05, 0.1) is 34.4 Å². The predicted octanol–water partition coefficient (Wildman–Crippen LogP) is 5.17. The van der Waals surface area contributed by atoms with Gasteiger partial charge < -0.3 is 15.4 Å². The van der Waals surface area contributed by atoms with Crippen molar-refractivity contribution >= 4 is 57.4 Å². The fourth-order valence-corrected chi connectivity index (χ4v) is 3.05. The number of fused-ring (bicyclic) bond motifs is 1. The van der Waals surface area contributed by atoms with Crippen LogP contribution in [0.5, 0.6) is 5.75 Å². The van der Waals surface area contributed by atoms with E-state index in [9.17, 15) is 0 Å². The third kappa shape index (κ3) is 3.54. The van der Waals surface area contributed by atoms with Crippen molar-refractivity contribution in [1.82, 2.24) is 19.7 Å². The zero-order chi connectivity index (χ0) is 19.7. The number of aryl methyl sites for hydroxylation is 1. The minimum absolute atomic E-state index is 0.406. The summed E-state index contributed by atoms with van der Waals surface area (Å²) in [6.07, 6.45) is 1.71. The summed E-state index contributed by atoms with van der Waals surface area (Å²) in [5.74, 6) is 1.69. The minimum atomic E-state index is 0.406. The molecule has 2 aromatic carbocycles. The summed E-state index contributed by atoms with van der Waals surface area (Å²) in [6, 6.07) is 12.8. The molecule has 0 fully saturated rings. The molecule has 0 atom stereocenters. The molecule has 0 unspecified atom stereocenters. The molecule has 2 N–H and O–H groups in total. The van der Waals surface area contributed by atoms with E-state index in [1.807, 2.05) is 37.4 Å². The zero-order valence-corrected chi connectivity index (χ0v) is 16.6. The Morgan fingerprint density at radius 2 is 1.82 bits per heavy atom. The van der Waals surface area contributed by atoms with Crippen molar-refractivity contribution in [3.05, 3.63) is 58.7 Å². The van der Waals surface area contributed by atoms with Gasteiger partial charge in [0.2, 0.25) is 5.95 Å². The minimum Gasteiger partial charge on any atom is -0.495 e. The van der Waals surface area contributed by atoms with E-state index in [0.717, 1.165) is 16.8 Å². The van der Waals surface area contributed by atoms with E-state index in [1.54, 1.807) is 30.1 Å². The molecule has 0 aliphatic carbocycles. The molecule has 0 spiro atoms. The maximum absolute atomic E-state index is 6.13. The number of nitrogens with one attached hydrogen (secondary N) is 2. The lowest BCUT2D eigenvalue weighted by Crippen LogP contribution is -2.04. The van der Waals surface area contributed by atoms with Crippen LogP contribution in [0.3, 0.4) is 0 Å². The number of aromatic nitrogens is 4. The van der Waals surface area contributed by atoms with Crippen LogP contribution in [0.15, 0.2) is 48.7 Å². The Hall–Kier alpha value is -3.03.